The second-order valence-corrected chi connectivity index (χ2v) is 10.5. The Balaban J connectivity index is 2.04. The highest BCUT2D eigenvalue weighted by Crippen LogP contribution is 2.35. The van der Waals surface area contributed by atoms with Crippen molar-refractivity contribution in [1.82, 2.24) is 30.2 Å². The summed E-state index contributed by atoms with van der Waals surface area (Å²) in [6.45, 7) is 5.19. The van der Waals surface area contributed by atoms with Gasteiger partial charge in [0, 0.05) is 30.6 Å². The second kappa shape index (κ2) is 10.3. The molecule has 0 fully saturated rings. The van der Waals surface area contributed by atoms with Gasteiger partial charge in [0.25, 0.3) is 5.91 Å². The Morgan fingerprint density at radius 1 is 1.20 bits per heavy atom. The Kier molecular flexibility index (Phi) is 7.87. The van der Waals surface area contributed by atoms with E-state index in [2.05, 4.69) is 25.3 Å². The third kappa shape index (κ3) is 5.49. The fourth-order valence-corrected chi connectivity index (χ4v) is 5.21. The molecule has 0 aliphatic heterocycles. The molecule has 3 rings (SSSR count). The number of benzene rings is 2. The summed E-state index contributed by atoms with van der Waals surface area (Å²) in [5.41, 5.74) is 1.48. The predicted octanol–water partition coefficient (Wildman–Crippen LogP) is 3.53. The molecule has 0 radical (unpaired) electrons. The van der Waals surface area contributed by atoms with Gasteiger partial charge in [-0.3, -0.25) is 4.79 Å². The smallest absolute Gasteiger partial charge is 0.261 e. The third-order valence-electron chi connectivity index (χ3n) is 5.82. The van der Waals surface area contributed by atoms with E-state index in [-0.39, 0.29) is 21.3 Å². The average Bonchev–Trinajstić information content (AvgIpc) is 3.34. The molecule has 3 atom stereocenters. The molecular formula is C22H25ClF2N6O3S. The van der Waals surface area contributed by atoms with Crippen molar-refractivity contribution in [3.05, 3.63) is 69.2 Å². The monoisotopic (exact) mass is 526 g/mol. The van der Waals surface area contributed by atoms with Crippen molar-refractivity contribution in [2.24, 2.45) is 0 Å². The van der Waals surface area contributed by atoms with Crippen LogP contribution in [0.5, 0.6) is 0 Å². The molecule has 0 aliphatic rings. The van der Waals surface area contributed by atoms with Gasteiger partial charge in [-0.05, 0) is 54.8 Å². The number of rotatable bonds is 8. The zero-order valence-corrected chi connectivity index (χ0v) is 21.2. The number of carbonyl (C=O) groups excluding carboxylic acids is 1. The molecule has 188 valence electrons. The largest absolute Gasteiger partial charge is 0.346 e. The van der Waals surface area contributed by atoms with E-state index in [0.29, 0.717) is 11.1 Å². The van der Waals surface area contributed by atoms with Crippen LogP contribution in [-0.4, -0.2) is 53.9 Å². The van der Waals surface area contributed by atoms with Crippen molar-refractivity contribution in [3.63, 3.8) is 0 Å². The van der Waals surface area contributed by atoms with Crippen LogP contribution in [0.4, 0.5) is 8.78 Å². The van der Waals surface area contributed by atoms with Crippen LogP contribution < -0.4 is 4.72 Å². The number of tetrazole rings is 1. The van der Waals surface area contributed by atoms with Gasteiger partial charge < -0.3 is 4.90 Å². The minimum atomic E-state index is -4.34. The Morgan fingerprint density at radius 3 is 2.49 bits per heavy atom. The Bertz CT molecular complexity index is 1340. The SMILES string of the molecule is Cc1ccc(F)c([C@@H](C)[C@H](NS(=O)(=O)c2ccc(Cl)c([C@H](F)C(=O)N(C)C)c2)c2nn[nH]n2)c1C. The first-order chi connectivity index (χ1) is 16.3. The summed E-state index contributed by atoms with van der Waals surface area (Å²) in [6, 6.07) is 5.18. The molecule has 0 spiro atoms. The summed E-state index contributed by atoms with van der Waals surface area (Å²) in [7, 11) is -1.60. The lowest BCUT2D eigenvalue weighted by atomic mass is 9.88. The fourth-order valence-electron chi connectivity index (χ4n) is 3.69. The number of nitrogens with zero attached hydrogens (tertiary/aromatic N) is 4. The number of likely N-dealkylation sites (N-methyl/N-ethyl adjacent to an activating group) is 1. The molecule has 1 amide bonds. The Labute approximate surface area is 206 Å². The van der Waals surface area contributed by atoms with E-state index < -0.39 is 39.9 Å². The minimum absolute atomic E-state index is 0.0123. The van der Waals surface area contributed by atoms with Gasteiger partial charge in [-0.2, -0.15) is 9.94 Å². The van der Waals surface area contributed by atoms with Crippen LogP contribution >= 0.6 is 11.6 Å². The van der Waals surface area contributed by atoms with Crippen molar-refractivity contribution < 1.29 is 22.0 Å². The Morgan fingerprint density at radius 2 is 1.89 bits per heavy atom. The number of sulfonamides is 1. The van der Waals surface area contributed by atoms with E-state index in [1.54, 1.807) is 19.9 Å². The molecule has 3 aromatic rings. The lowest BCUT2D eigenvalue weighted by Gasteiger charge is -2.25. The van der Waals surface area contributed by atoms with E-state index in [9.17, 15) is 22.0 Å². The molecule has 1 aromatic heterocycles. The number of amides is 1. The van der Waals surface area contributed by atoms with Gasteiger partial charge in [0.1, 0.15) is 5.82 Å². The number of carbonyl (C=O) groups is 1. The lowest BCUT2D eigenvalue weighted by molar-refractivity contribution is -0.134. The summed E-state index contributed by atoms with van der Waals surface area (Å²) in [5, 5.41) is 13.5. The average molecular weight is 527 g/mol. The van der Waals surface area contributed by atoms with Gasteiger partial charge in [-0.1, -0.05) is 29.8 Å². The molecule has 2 aromatic carbocycles. The number of hydrogen-bond acceptors (Lipinski definition) is 6. The molecule has 0 bridgehead atoms. The van der Waals surface area contributed by atoms with E-state index in [4.69, 9.17) is 11.6 Å². The number of aromatic nitrogens is 4. The predicted molar refractivity (Wildman–Crippen MR) is 126 cm³/mol. The van der Waals surface area contributed by atoms with Crippen LogP contribution in [0, 0.1) is 19.7 Å². The molecular weight excluding hydrogens is 502 g/mol. The van der Waals surface area contributed by atoms with Crippen LogP contribution in [0.2, 0.25) is 5.02 Å². The first-order valence-corrected chi connectivity index (χ1v) is 12.4. The van der Waals surface area contributed by atoms with Crippen molar-refractivity contribution in [3.8, 4) is 0 Å². The van der Waals surface area contributed by atoms with Crippen LogP contribution in [-0.2, 0) is 14.8 Å². The molecule has 35 heavy (non-hydrogen) atoms. The molecule has 9 nitrogen and oxygen atoms in total. The standard InChI is InChI=1S/C22H25ClF2N6O3S/c1-11-6-9-17(24)18(12(11)2)13(3)20(21-26-29-30-27-21)28-35(33,34)14-7-8-16(23)15(10-14)19(25)22(32)31(4)5/h6-10,13,19-20,28H,1-5H3,(H,26,27,29,30)/t13-,19+,20+/m1/s1. The maximum absolute atomic E-state index is 14.8. The molecule has 2 N–H and O–H groups in total. The van der Waals surface area contributed by atoms with Crippen LogP contribution in [0.3, 0.4) is 0 Å². The number of aromatic amines is 1. The van der Waals surface area contributed by atoms with E-state index in [0.717, 1.165) is 16.5 Å². The van der Waals surface area contributed by atoms with Gasteiger partial charge in [-0.15, -0.1) is 10.2 Å². The zero-order valence-electron chi connectivity index (χ0n) is 19.7. The zero-order chi connectivity index (χ0) is 26.1. The first-order valence-electron chi connectivity index (χ1n) is 10.5. The lowest BCUT2D eigenvalue weighted by Crippen LogP contribution is -2.33. The molecule has 0 saturated heterocycles. The van der Waals surface area contributed by atoms with Crippen LogP contribution in [0.15, 0.2) is 35.2 Å². The van der Waals surface area contributed by atoms with Gasteiger partial charge in [0.2, 0.25) is 16.2 Å². The summed E-state index contributed by atoms with van der Waals surface area (Å²) < 4.78 is 58.8. The second-order valence-electron chi connectivity index (χ2n) is 8.34. The van der Waals surface area contributed by atoms with Crippen molar-refractivity contribution >= 4 is 27.5 Å². The maximum atomic E-state index is 14.8. The molecule has 0 saturated carbocycles. The Hall–Kier alpha value is -2.96. The molecule has 13 heteroatoms. The highest BCUT2D eigenvalue weighted by Gasteiger charge is 2.33. The number of alkyl halides is 1. The summed E-state index contributed by atoms with van der Waals surface area (Å²) in [6.07, 6.45) is -2.16. The topological polar surface area (TPSA) is 121 Å². The molecule has 1 heterocycles. The van der Waals surface area contributed by atoms with Crippen LogP contribution in [0.1, 0.15) is 53.1 Å². The van der Waals surface area contributed by atoms with Crippen molar-refractivity contribution in [1.29, 1.82) is 0 Å². The van der Waals surface area contributed by atoms with E-state index in [1.165, 1.54) is 32.3 Å². The van der Waals surface area contributed by atoms with Gasteiger partial charge in [0.15, 0.2) is 5.82 Å². The number of H-pyrrole nitrogens is 1. The van der Waals surface area contributed by atoms with Gasteiger partial charge >= 0.3 is 0 Å². The number of halogens is 3. The van der Waals surface area contributed by atoms with E-state index >= 15 is 0 Å². The summed E-state index contributed by atoms with van der Waals surface area (Å²) in [5.74, 6) is -2.16. The van der Waals surface area contributed by atoms with Gasteiger partial charge in [-0.25, -0.2) is 17.2 Å². The normalized spacial score (nSPS) is 14.4. The van der Waals surface area contributed by atoms with Crippen molar-refractivity contribution in [2.75, 3.05) is 14.1 Å². The molecule has 0 aliphatic carbocycles. The number of aryl methyl sites for hydroxylation is 1. The fraction of sp³-hybridized carbons (Fsp3) is 0.364. The number of hydrogen-bond donors (Lipinski definition) is 2. The first kappa shape index (κ1) is 26.6. The van der Waals surface area contributed by atoms with Crippen molar-refractivity contribution in [2.45, 2.75) is 43.8 Å². The van der Waals surface area contributed by atoms with E-state index in [1.807, 2.05) is 6.92 Å². The summed E-state index contributed by atoms with van der Waals surface area (Å²) >= 11 is 6.06. The minimum Gasteiger partial charge on any atom is -0.346 e. The third-order valence-corrected chi connectivity index (χ3v) is 7.60. The highest BCUT2D eigenvalue weighted by molar-refractivity contribution is 7.89. The highest BCUT2D eigenvalue weighted by atomic mass is 35.5. The summed E-state index contributed by atoms with van der Waals surface area (Å²) in [4.78, 5) is 12.8. The van der Waals surface area contributed by atoms with Gasteiger partial charge in [0.05, 0.1) is 10.9 Å². The number of nitrogens with one attached hydrogen (secondary N) is 2. The maximum Gasteiger partial charge on any atom is 0.261 e. The quantitative estimate of drug-likeness (QED) is 0.463. The van der Waals surface area contributed by atoms with Crippen LogP contribution in [0.25, 0.3) is 0 Å². The molecule has 0 unspecified atom stereocenters.